The molecule has 3 heteroatoms. The first kappa shape index (κ1) is 12.4. The SMILES string of the molecule is Cc1cc(N(C)CC2CC2)c(C(C)N)cc1F. The molecule has 0 aromatic heterocycles. The molecule has 0 amide bonds. The van der Waals surface area contributed by atoms with Crippen molar-refractivity contribution in [2.75, 3.05) is 18.5 Å². The lowest BCUT2D eigenvalue weighted by molar-refractivity contribution is 0.612. The molecule has 0 radical (unpaired) electrons. The van der Waals surface area contributed by atoms with Gasteiger partial charge in [0.1, 0.15) is 5.82 Å². The van der Waals surface area contributed by atoms with Gasteiger partial charge in [-0.25, -0.2) is 4.39 Å². The van der Waals surface area contributed by atoms with Crippen molar-refractivity contribution < 1.29 is 4.39 Å². The zero-order chi connectivity index (χ0) is 12.6. The molecule has 1 aromatic carbocycles. The maximum absolute atomic E-state index is 13.6. The summed E-state index contributed by atoms with van der Waals surface area (Å²) in [5, 5.41) is 0. The van der Waals surface area contributed by atoms with Crippen LogP contribution in [-0.2, 0) is 0 Å². The number of hydrogen-bond donors (Lipinski definition) is 1. The molecule has 2 N–H and O–H groups in total. The first-order valence-corrected chi connectivity index (χ1v) is 6.25. The molecule has 0 bridgehead atoms. The summed E-state index contributed by atoms with van der Waals surface area (Å²) in [7, 11) is 2.07. The van der Waals surface area contributed by atoms with Crippen LogP contribution in [0.4, 0.5) is 10.1 Å². The molecular weight excluding hydrogens is 215 g/mol. The highest BCUT2D eigenvalue weighted by Crippen LogP contribution is 2.33. The normalized spacial score (nSPS) is 17.0. The minimum Gasteiger partial charge on any atom is -0.374 e. The van der Waals surface area contributed by atoms with Crippen LogP contribution in [0.25, 0.3) is 0 Å². The van der Waals surface area contributed by atoms with E-state index in [1.165, 1.54) is 12.8 Å². The van der Waals surface area contributed by atoms with E-state index in [1.807, 2.05) is 13.0 Å². The lowest BCUT2D eigenvalue weighted by Crippen LogP contribution is -2.23. The van der Waals surface area contributed by atoms with Crippen LogP contribution in [0.1, 0.15) is 36.9 Å². The van der Waals surface area contributed by atoms with Crippen LogP contribution in [0.2, 0.25) is 0 Å². The topological polar surface area (TPSA) is 29.3 Å². The quantitative estimate of drug-likeness (QED) is 0.870. The molecule has 1 aliphatic carbocycles. The Kier molecular flexibility index (Phi) is 3.38. The second-order valence-electron chi connectivity index (χ2n) is 5.27. The van der Waals surface area contributed by atoms with Gasteiger partial charge in [-0.2, -0.15) is 0 Å². The van der Waals surface area contributed by atoms with Crippen molar-refractivity contribution in [3.63, 3.8) is 0 Å². The number of benzene rings is 1. The van der Waals surface area contributed by atoms with Gasteiger partial charge in [-0.15, -0.1) is 0 Å². The van der Waals surface area contributed by atoms with E-state index in [9.17, 15) is 4.39 Å². The lowest BCUT2D eigenvalue weighted by Gasteiger charge is -2.24. The summed E-state index contributed by atoms with van der Waals surface area (Å²) in [5.74, 6) is 0.646. The molecule has 0 aliphatic heterocycles. The largest absolute Gasteiger partial charge is 0.374 e. The van der Waals surface area contributed by atoms with E-state index in [0.717, 1.165) is 23.7 Å². The third-order valence-electron chi connectivity index (χ3n) is 3.44. The summed E-state index contributed by atoms with van der Waals surface area (Å²) in [6.45, 7) is 4.75. The first-order valence-electron chi connectivity index (χ1n) is 6.25. The first-order chi connectivity index (χ1) is 7.99. The number of aryl methyl sites for hydroxylation is 1. The Bertz CT molecular complexity index is 411. The molecule has 17 heavy (non-hydrogen) atoms. The Balaban J connectivity index is 2.31. The van der Waals surface area contributed by atoms with E-state index in [2.05, 4.69) is 11.9 Å². The molecule has 1 unspecified atom stereocenters. The summed E-state index contributed by atoms with van der Waals surface area (Å²) >= 11 is 0. The molecule has 2 rings (SSSR count). The summed E-state index contributed by atoms with van der Waals surface area (Å²) in [6.07, 6.45) is 2.63. The minimum absolute atomic E-state index is 0.137. The van der Waals surface area contributed by atoms with E-state index in [-0.39, 0.29) is 11.9 Å². The van der Waals surface area contributed by atoms with Gasteiger partial charge in [0.05, 0.1) is 0 Å². The van der Waals surface area contributed by atoms with Gasteiger partial charge in [0.15, 0.2) is 0 Å². The van der Waals surface area contributed by atoms with Crippen LogP contribution in [0.15, 0.2) is 12.1 Å². The van der Waals surface area contributed by atoms with E-state index in [4.69, 9.17) is 5.73 Å². The average molecular weight is 236 g/mol. The smallest absolute Gasteiger partial charge is 0.126 e. The highest BCUT2D eigenvalue weighted by molar-refractivity contribution is 5.56. The Hall–Kier alpha value is -1.09. The number of halogens is 1. The molecule has 1 saturated carbocycles. The molecule has 1 aromatic rings. The van der Waals surface area contributed by atoms with Gasteiger partial charge < -0.3 is 10.6 Å². The van der Waals surface area contributed by atoms with Gasteiger partial charge in [0.25, 0.3) is 0 Å². The third kappa shape index (κ3) is 2.78. The summed E-state index contributed by atoms with van der Waals surface area (Å²) in [6, 6.07) is 3.36. The summed E-state index contributed by atoms with van der Waals surface area (Å²) in [5.41, 5.74) is 8.59. The van der Waals surface area contributed by atoms with E-state index in [0.29, 0.717) is 5.56 Å². The Morgan fingerprint density at radius 2 is 2.12 bits per heavy atom. The molecule has 1 aliphatic rings. The van der Waals surface area contributed by atoms with Gasteiger partial charge in [-0.1, -0.05) is 0 Å². The molecule has 0 saturated heterocycles. The van der Waals surface area contributed by atoms with Crippen LogP contribution < -0.4 is 10.6 Å². The summed E-state index contributed by atoms with van der Waals surface area (Å²) in [4.78, 5) is 2.21. The number of nitrogens with zero attached hydrogens (tertiary/aromatic N) is 1. The van der Waals surface area contributed by atoms with Crippen molar-refractivity contribution in [2.45, 2.75) is 32.7 Å². The molecule has 1 atom stereocenters. The molecule has 1 fully saturated rings. The number of nitrogens with two attached hydrogens (primary N) is 1. The Labute approximate surface area is 103 Å². The van der Waals surface area contributed by atoms with Gasteiger partial charge >= 0.3 is 0 Å². The maximum Gasteiger partial charge on any atom is 0.126 e. The number of rotatable bonds is 4. The highest BCUT2D eigenvalue weighted by atomic mass is 19.1. The van der Waals surface area contributed by atoms with Gasteiger partial charge in [0, 0.05) is 25.3 Å². The Morgan fingerprint density at radius 3 is 2.65 bits per heavy atom. The van der Waals surface area contributed by atoms with Crippen LogP contribution >= 0.6 is 0 Å². The number of hydrogen-bond acceptors (Lipinski definition) is 2. The zero-order valence-electron chi connectivity index (χ0n) is 10.8. The van der Waals surface area contributed by atoms with Gasteiger partial charge in [-0.3, -0.25) is 0 Å². The van der Waals surface area contributed by atoms with E-state index < -0.39 is 0 Å². The fourth-order valence-corrected chi connectivity index (χ4v) is 2.16. The van der Waals surface area contributed by atoms with Crippen molar-refractivity contribution in [1.82, 2.24) is 0 Å². The van der Waals surface area contributed by atoms with Crippen molar-refractivity contribution in [3.8, 4) is 0 Å². The fourth-order valence-electron chi connectivity index (χ4n) is 2.16. The van der Waals surface area contributed by atoms with E-state index in [1.54, 1.807) is 13.0 Å². The van der Waals surface area contributed by atoms with Crippen molar-refractivity contribution >= 4 is 5.69 Å². The van der Waals surface area contributed by atoms with E-state index >= 15 is 0 Å². The second kappa shape index (κ2) is 4.65. The molecule has 94 valence electrons. The predicted molar refractivity (Wildman–Crippen MR) is 69.7 cm³/mol. The minimum atomic E-state index is -0.166. The molecule has 2 nitrogen and oxygen atoms in total. The molecular formula is C14H21FN2. The second-order valence-corrected chi connectivity index (χ2v) is 5.27. The van der Waals surface area contributed by atoms with Crippen LogP contribution in [-0.4, -0.2) is 13.6 Å². The fraction of sp³-hybridized carbons (Fsp3) is 0.571. The number of anilines is 1. The molecule has 0 spiro atoms. The van der Waals surface area contributed by atoms with Crippen molar-refractivity contribution in [3.05, 3.63) is 29.1 Å². The van der Waals surface area contributed by atoms with Crippen LogP contribution in [0, 0.1) is 18.7 Å². The van der Waals surface area contributed by atoms with Gasteiger partial charge in [-0.05, 0) is 55.9 Å². The molecule has 0 heterocycles. The zero-order valence-corrected chi connectivity index (χ0v) is 10.8. The lowest BCUT2D eigenvalue weighted by atomic mass is 10.0. The summed E-state index contributed by atoms with van der Waals surface area (Å²) < 4.78 is 13.6. The Morgan fingerprint density at radius 1 is 1.47 bits per heavy atom. The predicted octanol–water partition coefficient (Wildman–Crippen LogP) is 3.00. The van der Waals surface area contributed by atoms with Crippen LogP contribution in [0.3, 0.4) is 0 Å². The van der Waals surface area contributed by atoms with Crippen LogP contribution in [0.5, 0.6) is 0 Å². The monoisotopic (exact) mass is 236 g/mol. The highest BCUT2D eigenvalue weighted by Gasteiger charge is 2.24. The maximum atomic E-state index is 13.6. The van der Waals surface area contributed by atoms with Crippen molar-refractivity contribution in [2.24, 2.45) is 11.7 Å². The third-order valence-corrected chi connectivity index (χ3v) is 3.44. The van der Waals surface area contributed by atoms with Gasteiger partial charge in [0.2, 0.25) is 0 Å². The van der Waals surface area contributed by atoms with Crippen molar-refractivity contribution in [1.29, 1.82) is 0 Å². The standard InChI is InChI=1S/C14H21FN2/c1-9-6-14(17(3)8-11-4-5-11)12(10(2)16)7-13(9)15/h6-7,10-11H,4-5,8,16H2,1-3H3. The average Bonchev–Trinajstić information content (AvgIpc) is 3.04.